The molecule has 1 amide bonds. The van der Waals surface area contributed by atoms with Gasteiger partial charge in [0.05, 0.1) is 6.04 Å². The van der Waals surface area contributed by atoms with E-state index in [1.54, 1.807) is 24.5 Å². The number of nitrogens with zero attached hydrogens (tertiary/aromatic N) is 1. The monoisotopic (exact) mass is 359 g/mol. The number of hydrogen-bond acceptors (Lipinski definition) is 3. The van der Waals surface area contributed by atoms with Gasteiger partial charge in [0.1, 0.15) is 5.82 Å². The third-order valence-electron chi connectivity index (χ3n) is 3.26. The van der Waals surface area contributed by atoms with Crippen LogP contribution in [0.1, 0.15) is 28.0 Å². The van der Waals surface area contributed by atoms with Crippen LogP contribution in [0.5, 0.6) is 0 Å². The number of H-pyrrole nitrogens is 1. The second kappa shape index (κ2) is 6.62. The molecular formula is C16H14BrN3O2. The Bertz CT molecular complexity index is 738. The maximum Gasteiger partial charge on any atom is 0.287 e. The van der Waals surface area contributed by atoms with E-state index < -0.39 is 0 Å². The summed E-state index contributed by atoms with van der Waals surface area (Å²) >= 11 is 3.20. The van der Waals surface area contributed by atoms with Crippen LogP contribution < -0.4 is 5.32 Å². The average Bonchev–Trinajstić information content (AvgIpc) is 3.19. The summed E-state index contributed by atoms with van der Waals surface area (Å²) < 4.78 is 5.83. The number of imidazole rings is 1. The van der Waals surface area contributed by atoms with Crippen LogP contribution in [0.25, 0.3) is 0 Å². The first-order valence-corrected chi connectivity index (χ1v) is 7.61. The predicted molar refractivity (Wildman–Crippen MR) is 85.3 cm³/mol. The number of carbonyl (C=O) groups is 1. The van der Waals surface area contributed by atoms with Gasteiger partial charge >= 0.3 is 0 Å². The Hall–Kier alpha value is -2.34. The van der Waals surface area contributed by atoms with Crippen LogP contribution in [0.4, 0.5) is 0 Å². The van der Waals surface area contributed by atoms with Crippen LogP contribution >= 0.6 is 15.9 Å². The van der Waals surface area contributed by atoms with Crippen molar-refractivity contribution < 1.29 is 9.21 Å². The normalized spacial score (nSPS) is 12.0. The number of aromatic amines is 1. The molecule has 1 aromatic carbocycles. The molecule has 0 aliphatic carbocycles. The molecule has 1 atom stereocenters. The number of hydrogen-bond donors (Lipinski definition) is 2. The van der Waals surface area contributed by atoms with Gasteiger partial charge in [-0.2, -0.15) is 0 Å². The second-order valence-electron chi connectivity index (χ2n) is 4.78. The molecule has 0 spiro atoms. The van der Waals surface area contributed by atoms with Crippen molar-refractivity contribution in [1.29, 1.82) is 0 Å². The zero-order valence-corrected chi connectivity index (χ0v) is 13.2. The maximum atomic E-state index is 12.3. The van der Waals surface area contributed by atoms with Gasteiger partial charge in [-0.05, 0) is 33.6 Å². The predicted octanol–water partition coefficient (Wildman–Crippen LogP) is 3.48. The van der Waals surface area contributed by atoms with Crippen molar-refractivity contribution in [3.8, 4) is 0 Å². The van der Waals surface area contributed by atoms with Gasteiger partial charge in [-0.3, -0.25) is 4.79 Å². The summed E-state index contributed by atoms with van der Waals surface area (Å²) in [5.74, 6) is 0.827. The van der Waals surface area contributed by atoms with Crippen molar-refractivity contribution in [1.82, 2.24) is 15.3 Å². The lowest BCUT2D eigenvalue weighted by atomic mass is 10.0. The number of aromatic nitrogens is 2. The number of nitrogens with one attached hydrogen (secondary N) is 2. The fraction of sp³-hybridized carbons (Fsp3) is 0.125. The van der Waals surface area contributed by atoms with Gasteiger partial charge in [0.2, 0.25) is 0 Å². The molecule has 2 aromatic heterocycles. The van der Waals surface area contributed by atoms with Crippen LogP contribution in [-0.4, -0.2) is 15.9 Å². The highest BCUT2D eigenvalue weighted by molar-refractivity contribution is 9.10. The summed E-state index contributed by atoms with van der Waals surface area (Å²) in [4.78, 5) is 19.6. The van der Waals surface area contributed by atoms with E-state index in [0.29, 0.717) is 11.1 Å². The van der Waals surface area contributed by atoms with E-state index in [4.69, 9.17) is 4.42 Å². The topological polar surface area (TPSA) is 70.9 Å². The van der Waals surface area contributed by atoms with E-state index in [1.165, 1.54) is 0 Å². The van der Waals surface area contributed by atoms with Crippen LogP contribution in [0.2, 0.25) is 0 Å². The van der Waals surface area contributed by atoms with Crippen LogP contribution in [0.15, 0.2) is 63.9 Å². The highest BCUT2D eigenvalue weighted by Gasteiger charge is 2.19. The molecular weight excluding hydrogens is 346 g/mol. The Kier molecular flexibility index (Phi) is 4.39. The molecule has 0 saturated carbocycles. The van der Waals surface area contributed by atoms with E-state index in [1.807, 2.05) is 30.3 Å². The highest BCUT2D eigenvalue weighted by atomic mass is 79.9. The Balaban J connectivity index is 1.80. The van der Waals surface area contributed by atoms with Gasteiger partial charge in [0.25, 0.3) is 5.91 Å². The lowest BCUT2D eigenvalue weighted by Gasteiger charge is -2.17. The SMILES string of the molecule is O=C(N[C@@H](Cc1ncc[nH]1)c1ccccc1)c1ccc(Br)o1. The Morgan fingerprint density at radius 2 is 2.09 bits per heavy atom. The number of rotatable bonds is 5. The number of halogens is 1. The number of carbonyl (C=O) groups excluding carboxylic acids is 1. The molecule has 5 nitrogen and oxygen atoms in total. The summed E-state index contributed by atoms with van der Waals surface area (Å²) in [5.41, 5.74) is 1.01. The van der Waals surface area contributed by atoms with E-state index in [9.17, 15) is 4.79 Å². The Labute approximate surface area is 135 Å². The lowest BCUT2D eigenvalue weighted by molar-refractivity contribution is 0.0907. The molecule has 2 heterocycles. The molecule has 0 aliphatic rings. The molecule has 0 bridgehead atoms. The summed E-state index contributed by atoms with van der Waals surface area (Å²) in [5, 5.41) is 2.99. The largest absolute Gasteiger partial charge is 0.444 e. The molecule has 3 rings (SSSR count). The van der Waals surface area contributed by atoms with E-state index in [0.717, 1.165) is 11.4 Å². The molecule has 6 heteroatoms. The van der Waals surface area contributed by atoms with Crippen LogP contribution in [0.3, 0.4) is 0 Å². The standard InChI is InChI=1S/C16H14BrN3O2/c17-14-7-6-13(22-14)16(21)20-12(10-15-18-8-9-19-15)11-4-2-1-3-5-11/h1-9,12H,10H2,(H,18,19)(H,20,21)/t12-/m0/s1. The first-order valence-electron chi connectivity index (χ1n) is 6.82. The first-order chi connectivity index (χ1) is 10.7. The molecule has 0 unspecified atom stereocenters. The molecule has 2 N–H and O–H groups in total. The fourth-order valence-corrected chi connectivity index (χ4v) is 2.51. The number of benzene rings is 1. The molecule has 3 aromatic rings. The molecule has 0 aliphatic heterocycles. The Morgan fingerprint density at radius 1 is 1.27 bits per heavy atom. The van der Waals surface area contributed by atoms with Crippen LogP contribution in [0, 0.1) is 0 Å². The summed E-state index contributed by atoms with van der Waals surface area (Å²) in [6.45, 7) is 0. The van der Waals surface area contributed by atoms with Crippen molar-refractivity contribution >= 4 is 21.8 Å². The summed E-state index contributed by atoms with van der Waals surface area (Å²) in [6, 6.07) is 12.9. The molecule has 0 saturated heterocycles. The van der Waals surface area contributed by atoms with Gasteiger partial charge in [0, 0.05) is 18.8 Å². The fourth-order valence-electron chi connectivity index (χ4n) is 2.21. The van der Waals surface area contributed by atoms with Gasteiger partial charge in [-0.25, -0.2) is 4.98 Å². The zero-order chi connectivity index (χ0) is 15.4. The third kappa shape index (κ3) is 3.46. The quantitative estimate of drug-likeness (QED) is 0.732. The average molecular weight is 360 g/mol. The van der Waals surface area contributed by atoms with Crippen LogP contribution in [-0.2, 0) is 6.42 Å². The summed E-state index contributed by atoms with van der Waals surface area (Å²) in [6.07, 6.45) is 4.04. The zero-order valence-electron chi connectivity index (χ0n) is 11.6. The molecule has 22 heavy (non-hydrogen) atoms. The van der Waals surface area contributed by atoms with Crippen molar-refractivity contribution in [2.75, 3.05) is 0 Å². The molecule has 112 valence electrons. The third-order valence-corrected chi connectivity index (χ3v) is 3.68. The van der Waals surface area contributed by atoms with E-state index in [-0.39, 0.29) is 17.7 Å². The maximum absolute atomic E-state index is 12.3. The van der Waals surface area contributed by atoms with Gasteiger partial charge < -0.3 is 14.7 Å². The van der Waals surface area contributed by atoms with Gasteiger partial charge in [0.15, 0.2) is 10.4 Å². The van der Waals surface area contributed by atoms with Gasteiger partial charge in [-0.1, -0.05) is 30.3 Å². The molecule has 0 radical (unpaired) electrons. The summed E-state index contributed by atoms with van der Waals surface area (Å²) in [7, 11) is 0. The van der Waals surface area contributed by atoms with E-state index >= 15 is 0 Å². The van der Waals surface area contributed by atoms with Gasteiger partial charge in [-0.15, -0.1) is 0 Å². The van der Waals surface area contributed by atoms with Crippen molar-refractivity contribution in [3.63, 3.8) is 0 Å². The van der Waals surface area contributed by atoms with Crippen molar-refractivity contribution in [3.05, 3.63) is 76.7 Å². The Morgan fingerprint density at radius 3 is 2.73 bits per heavy atom. The smallest absolute Gasteiger partial charge is 0.287 e. The number of furan rings is 1. The lowest BCUT2D eigenvalue weighted by Crippen LogP contribution is -2.30. The minimum absolute atomic E-state index is 0.191. The number of amides is 1. The first kappa shape index (κ1) is 14.6. The van der Waals surface area contributed by atoms with Crippen molar-refractivity contribution in [2.24, 2.45) is 0 Å². The van der Waals surface area contributed by atoms with Crippen molar-refractivity contribution in [2.45, 2.75) is 12.5 Å². The minimum atomic E-state index is -0.258. The highest BCUT2D eigenvalue weighted by Crippen LogP contribution is 2.19. The van der Waals surface area contributed by atoms with E-state index in [2.05, 4.69) is 31.2 Å². The minimum Gasteiger partial charge on any atom is -0.444 e. The molecule has 0 fully saturated rings. The second-order valence-corrected chi connectivity index (χ2v) is 5.56.